The van der Waals surface area contributed by atoms with Crippen LogP contribution in [0.15, 0.2) is 54.6 Å². The number of hydrogen-bond donors (Lipinski definition) is 0. The molecule has 160 valence electrons. The maximum absolute atomic E-state index is 2.56. The second-order valence-corrected chi connectivity index (χ2v) is 10.0. The molecule has 0 unspecified atom stereocenters. The van der Waals surface area contributed by atoms with Gasteiger partial charge in [0.2, 0.25) is 0 Å². The molecule has 0 radical (unpaired) electrons. The Kier molecular flexibility index (Phi) is 5.51. The predicted molar refractivity (Wildman–Crippen MR) is 133 cm³/mol. The maximum atomic E-state index is 2.56. The third-order valence-electron chi connectivity index (χ3n) is 7.83. The van der Waals surface area contributed by atoms with Crippen molar-refractivity contribution < 1.29 is 0 Å². The highest BCUT2D eigenvalue weighted by Crippen LogP contribution is 2.56. The molecule has 0 atom stereocenters. The van der Waals surface area contributed by atoms with Crippen LogP contribution in [0.3, 0.4) is 0 Å². The van der Waals surface area contributed by atoms with E-state index in [4.69, 9.17) is 0 Å². The van der Waals surface area contributed by atoms with Gasteiger partial charge in [0.1, 0.15) is 0 Å². The molecule has 0 spiro atoms. The predicted octanol–water partition coefficient (Wildman–Crippen LogP) is 8.47. The second kappa shape index (κ2) is 8.30. The second-order valence-electron chi connectivity index (χ2n) is 10.0. The first-order chi connectivity index (χ1) is 15.1. The van der Waals surface area contributed by atoms with E-state index in [0.717, 1.165) is 0 Å². The van der Waals surface area contributed by atoms with Gasteiger partial charge in [-0.2, -0.15) is 0 Å². The minimum absolute atomic E-state index is 0.00190. The molecule has 0 amide bonds. The highest BCUT2D eigenvalue weighted by Gasteiger charge is 2.44. The number of benzene rings is 3. The smallest absolute Gasteiger partial charge is 0.0463 e. The van der Waals surface area contributed by atoms with E-state index in [2.05, 4.69) is 75.4 Å². The Bertz CT molecular complexity index is 1050. The zero-order valence-electron chi connectivity index (χ0n) is 19.6. The molecule has 0 fully saturated rings. The molecule has 3 aromatic rings. The molecular weight excluding hydrogens is 372 g/mol. The summed E-state index contributed by atoms with van der Waals surface area (Å²) in [4.78, 5) is 0. The maximum Gasteiger partial charge on any atom is 0.0463 e. The average Bonchev–Trinajstić information content (AvgIpc) is 3.01. The largest absolute Gasteiger partial charge is 0.0654 e. The van der Waals surface area contributed by atoms with Gasteiger partial charge in [0.15, 0.2) is 0 Å². The first kappa shape index (κ1) is 20.6. The van der Waals surface area contributed by atoms with Crippen LogP contribution in [0.2, 0.25) is 0 Å². The number of fused-ring (bicyclic) bond motifs is 4. The Morgan fingerprint density at radius 1 is 0.645 bits per heavy atom. The summed E-state index contributed by atoms with van der Waals surface area (Å²) in [5, 5.41) is 0. The lowest BCUT2D eigenvalue weighted by molar-refractivity contribution is 0.505. The summed E-state index contributed by atoms with van der Waals surface area (Å²) in [6.07, 6.45) is 11.8. The van der Waals surface area contributed by atoms with Crippen molar-refractivity contribution in [2.45, 2.75) is 84.0 Å². The summed E-state index contributed by atoms with van der Waals surface area (Å²) in [5.74, 6) is 0. The van der Waals surface area contributed by atoms with E-state index < -0.39 is 0 Å². The van der Waals surface area contributed by atoms with Gasteiger partial charge in [-0.15, -0.1) is 0 Å². The van der Waals surface area contributed by atoms with Gasteiger partial charge in [0.05, 0.1) is 0 Å². The minimum Gasteiger partial charge on any atom is -0.0654 e. The van der Waals surface area contributed by atoms with Gasteiger partial charge in [0.25, 0.3) is 0 Å². The summed E-state index contributed by atoms with van der Waals surface area (Å²) >= 11 is 0. The molecule has 0 bridgehead atoms. The van der Waals surface area contributed by atoms with Crippen molar-refractivity contribution in [2.24, 2.45) is 0 Å². The fourth-order valence-electron chi connectivity index (χ4n) is 5.99. The fraction of sp³-hybridized carbons (Fsp3) is 0.419. The van der Waals surface area contributed by atoms with Gasteiger partial charge in [-0.05, 0) is 72.1 Å². The average molecular weight is 409 g/mol. The van der Waals surface area contributed by atoms with Crippen LogP contribution in [0.25, 0.3) is 11.1 Å². The number of aryl methyl sites for hydroxylation is 4. The van der Waals surface area contributed by atoms with Crippen LogP contribution in [-0.4, -0.2) is 0 Å². The van der Waals surface area contributed by atoms with Crippen LogP contribution in [0.5, 0.6) is 0 Å². The van der Waals surface area contributed by atoms with Crippen LogP contribution >= 0.6 is 0 Å². The molecule has 0 aliphatic heterocycles. The van der Waals surface area contributed by atoms with E-state index in [-0.39, 0.29) is 5.41 Å². The molecule has 31 heavy (non-hydrogen) atoms. The van der Waals surface area contributed by atoms with Gasteiger partial charge >= 0.3 is 0 Å². The van der Waals surface area contributed by atoms with Gasteiger partial charge in [-0.25, -0.2) is 0 Å². The molecule has 5 rings (SSSR count). The normalized spacial score (nSPS) is 15.2. The standard InChI is InChI=1S/C31H36/c1-4-5-6-7-8-9-18-31(26-15-14-24-12-13-25(24)21-26)29-19-22(2)10-16-27(29)28-17-11-23(3)20-30(28)31/h10-11,14-17,19-21H,4-9,12-13,18H2,1-3H3. The molecule has 2 aliphatic carbocycles. The van der Waals surface area contributed by atoms with Crippen LogP contribution in [0.4, 0.5) is 0 Å². The molecule has 0 saturated carbocycles. The molecule has 0 N–H and O–H groups in total. The third kappa shape index (κ3) is 3.45. The van der Waals surface area contributed by atoms with Crippen molar-refractivity contribution in [1.29, 1.82) is 0 Å². The summed E-state index contributed by atoms with van der Waals surface area (Å²) in [5.41, 5.74) is 13.4. The van der Waals surface area contributed by atoms with Gasteiger partial charge in [0, 0.05) is 5.41 Å². The van der Waals surface area contributed by atoms with Crippen LogP contribution in [-0.2, 0) is 18.3 Å². The van der Waals surface area contributed by atoms with E-state index in [1.54, 1.807) is 22.3 Å². The first-order valence-electron chi connectivity index (χ1n) is 12.5. The fourth-order valence-corrected chi connectivity index (χ4v) is 5.99. The molecule has 0 aromatic heterocycles. The Hall–Kier alpha value is -2.34. The molecule has 2 aliphatic rings. The van der Waals surface area contributed by atoms with Gasteiger partial charge in [-0.1, -0.05) is 111 Å². The summed E-state index contributed by atoms with van der Waals surface area (Å²) < 4.78 is 0. The monoisotopic (exact) mass is 408 g/mol. The number of unbranched alkanes of at least 4 members (excludes halogenated alkanes) is 5. The quantitative estimate of drug-likeness (QED) is 0.328. The molecule has 0 nitrogen and oxygen atoms in total. The Balaban J connectivity index is 1.63. The minimum atomic E-state index is -0.00190. The van der Waals surface area contributed by atoms with Crippen LogP contribution in [0, 0.1) is 13.8 Å². The van der Waals surface area contributed by atoms with Gasteiger partial charge < -0.3 is 0 Å². The van der Waals surface area contributed by atoms with Crippen molar-refractivity contribution in [2.75, 3.05) is 0 Å². The molecule has 0 saturated heterocycles. The molecular formula is C31H36. The van der Waals surface area contributed by atoms with Crippen molar-refractivity contribution in [3.63, 3.8) is 0 Å². The SMILES string of the molecule is CCCCCCCCC1(c2ccc3c(c2)CC3)c2cc(C)ccc2-c2ccc(C)cc21. The lowest BCUT2D eigenvalue weighted by atomic mass is 9.67. The number of rotatable bonds is 8. The topological polar surface area (TPSA) is 0 Å². The van der Waals surface area contributed by atoms with E-state index >= 15 is 0 Å². The van der Waals surface area contributed by atoms with Crippen molar-refractivity contribution in [1.82, 2.24) is 0 Å². The lowest BCUT2D eigenvalue weighted by Crippen LogP contribution is -2.28. The highest BCUT2D eigenvalue weighted by atomic mass is 14.5. The van der Waals surface area contributed by atoms with Crippen LogP contribution < -0.4 is 0 Å². The van der Waals surface area contributed by atoms with E-state index in [0.29, 0.717) is 0 Å². The van der Waals surface area contributed by atoms with Crippen molar-refractivity contribution in [3.05, 3.63) is 93.5 Å². The summed E-state index contributed by atoms with van der Waals surface area (Å²) in [7, 11) is 0. The van der Waals surface area contributed by atoms with Gasteiger partial charge in [-0.3, -0.25) is 0 Å². The first-order valence-corrected chi connectivity index (χ1v) is 12.5. The Morgan fingerprint density at radius 2 is 1.26 bits per heavy atom. The Labute approximate surface area is 188 Å². The van der Waals surface area contributed by atoms with E-state index in [1.165, 1.54) is 85.6 Å². The zero-order chi connectivity index (χ0) is 21.4. The van der Waals surface area contributed by atoms with E-state index in [1.807, 2.05) is 0 Å². The van der Waals surface area contributed by atoms with Crippen LogP contribution in [0.1, 0.15) is 90.8 Å². The lowest BCUT2D eigenvalue weighted by Gasteiger charge is -2.35. The van der Waals surface area contributed by atoms with Crippen molar-refractivity contribution >= 4 is 0 Å². The number of hydrogen-bond acceptors (Lipinski definition) is 0. The van der Waals surface area contributed by atoms with Crippen molar-refractivity contribution in [3.8, 4) is 11.1 Å². The molecule has 0 heterocycles. The zero-order valence-corrected chi connectivity index (χ0v) is 19.6. The third-order valence-corrected chi connectivity index (χ3v) is 7.83. The Morgan fingerprint density at radius 3 is 1.84 bits per heavy atom. The van der Waals surface area contributed by atoms with E-state index in [9.17, 15) is 0 Å². The highest BCUT2D eigenvalue weighted by molar-refractivity contribution is 5.84. The molecule has 3 aromatic carbocycles. The summed E-state index contributed by atoms with van der Waals surface area (Å²) in [6.45, 7) is 6.81. The molecule has 0 heteroatoms. The summed E-state index contributed by atoms with van der Waals surface area (Å²) in [6, 6.07) is 21.7.